The number of hydrogen-bond donors (Lipinski definition) is 1. The van der Waals surface area contributed by atoms with Crippen LogP contribution in [0.3, 0.4) is 0 Å². The van der Waals surface area contributed by atoms with Crippen molar-refractivity contribution in [2.45, 2.75) is 12.8 Å². The third-order valence-electron chi connectivity index (χ3n) is 2.41. The molecule has 1 aromatic carbocycles. The van der Waals surface area contributed by atoms with Gasteiger partial charge in [-0.15, -0.1) is 0 Å². The van der Waals surface area contributed by atoms with E-state index >= 15 is 0 Å². The first-order valence-electron chi connectivity index (χ1n) is 5.47. The van der Waals surface area contributed by atoms with Crippen LogP contribution in [0.1, 0.15) is 12.8 Å². The maximum absolute atomic E-state index is 11.8. The van der Waals surface area contributed by atoms with Crippen LogP contribution in [0.25, 0.3) is 0 Å². The molecule has 5 nitrogen and oxygen atoms in total. The van der Waals surface area contributed by atoms with Gasteiger partial charge >= 0.3 is 5.97 Å². The normalized spacial score (nSPS) is 11.4. The Bertz CT molecular complexity index is 618. The first kappa shape index (κ1) is 17.4. The molecule has 0 aromatic heterocycles. The molecule has 1 aromatic rings. The molecular weight excluding hydrogens is 349 g/mol. The highest BCUT2D eigenvalue weighted by atomic mass is 35.5. The molecule has 0 heterocycles. The van der Waals surface area contributed by atoms with E-state index in [9.17, 15) is 13.2 Å². The van der Waals surface area contributed by atoms with Crippen molar-refractivity contribution in [1.82, 2.24) is 0 Å². The van der Waals surface area contributed by atoms with Gasteiger partial charge in [-0.25, -0.2) is 8.42 Å². The van der Waals surface area contributed by atoms with Gasteiger partial charge in [0.1, 0.15) is 0 Å². The minimum Gasteiger partial charge on any atom is -0.481 e. The number of anilines is 1. The van der Waals surface area contributed by atoms with Gasteiger partial charge in [-0.05, 0) is 18.6 Å². The lowest BCUT2D eigenvalue weighted by molar-refractivity contribution is -0.137. The summed E-state index contributed by atoms with van der Waals surface area (Å²) in [4.78, 5) is 10.5. The van der Waals surface area contributed by atoms with E-state index in [1.807, 2.05) is 0 Å². The summed E-state index contributed by atoms with van der Waals surface area (Å²) in [6.07, 6.45) is 1.01. The van der Waals surface area contributed by atoms with Gasteiger partial charge in [-0.3, -0.25) is 9.10 Å². The number of rotatable bonds is 6. The van der Waals surface area contributed by atoms with Crippen molar-refractivity contribution in [3.8, 4) is 0 Å². The number of halogens is 3. The third-order valence-corrected chi connectivity index (χ3v) is 4.62. The van der Waals surface area contributed by atoms with Gasteiger partial charge in [0, 0.05) is 13.0 Å². The Morgan fingerprint density at radius 2 is 1.75 bits per heavy atom. The number of hydrogen-bond acceptors (Lipinski definition) is 3. The second-order valence-electron chi connectivity index (χ2n) is 4.05. The lowest BCUT2D eigenvalue weighted by Crippen LogP contribution is -2.31. The second kappa shape index (κ2) is 6.85. The molecule has 112 valence electrons. The Morgan fingerprint density at radius 3 is 2.25 bits per heavy atom. The van der Waals surface area contributed by atoms with Gasteiger partial charge in [0.2, 0.25) is 10.0 Å². The molecule has 0 aliphatic rings. The highest BCUT2D eigenvalue weighted by Gasteiger charge is 2.21. The summed E-state index contributed by atoms with van der Waals surface area (Å²) in [6, 6.07) is 2.68. The van der Waals surface area contributed by atoms with Crippen LogP contribution in [0, 0.1) is 0 Å². The molecule has 0 saturated heterocycles. The van der Waals surface area contributed by atoms with Crippen molar-refractivity contribution < 1.29 is 18.3 Å². The fourth-order valence-corrected chi connectivity index (χ4v) is 3.20. The molecular formula is C11H12Cl3NO4S. The van der Waals surface area contributed by atoms with Crippen molar-refractivity contribution >= 4 is 56.5 Å². The Kier molecular flexibility index (Phi) is 5.94. The van der Waals surface area contributed by atoms with Gasteiger partial charge in [0.05, 0.1) is 27.0 Å². The van der Waals surface area contributed by atoms with Crippen molar-refractivity contribution in [3.05, 3.63) is 27.2 Å². The summed E-state index contributed by atoms with van der Waals surface area (Å²) in [5.41, 5.74) is 0.175. The van der Waals surface area contributed by atoms with Crippen molar-refractivity contribution in [2.75, 3.05) is 17.1 Å². The topological polar surface area (TPSA) is 74.7 Å². The Balaban J connectivity index is 3.12. The average molecular weight is 361 g/mol. The zero-order valence-electron chi connectivity index (χ0n) is 10.4. The molecule has 9 heteroatoms. The van der Waals surface area contributed by atoms with E-state index in [0.29, 0.717) is 0 Å². The molecule has 0 fully saturated rings. The van der Waals surface area contributed by atoms with E-state index in [2.05, 4.69) is 0 Å². The van der Waals surface area contributed by atoms with Crippen molar-refractivity contribution in [1.29, 1.82) is 0 Å². The molecule has 20 heavy (non-hydrogen) atoms. The minimum atomic E-state index is -3.61. The van der Waals surface area contributed by atoms with E-state index in [4.69, 9.17) is 39.9 Å². The van der Waals surface area contributed by atoms with Crippen LogP contribution in [0.2, 0.25) is 15.1 Å². The van der Waals surface area contributed by atoms with Crippen molar-refractivity contribution in [2.24, 2.45) is 0 Å². The Hall–Kier alpha value is -0.690. The zero-order chi connectivity index (χ0) is 15.5. The molecule has 1 rings (SSSR count). The van der Waals surface area contributed by atoms with Crippen LogP contribution in [0.4, 0.5) is 5.69 Å². The van der Waals surface area contributed by atoms with Gasteiger partial charge in [0.25, 0.3) is 0 Å². The van der Waals surface area contributed by atoms with E-state index < -0.39 is 16.0 Å². The average Bonchev–Trinajstić information content (AvgIpc) is 2.28. The van der Waals surface area contributed by atoms with Gasteiger partial charge in [-0.2, -0.15) is 0 Å². The third kappa shape index (κ3) is 4.70. The van der Waals surface area contributed by atoms with Crippen LogP contribution in [-0.2, 0) is 14.8 Å². The van der Waals surface area contributed by atoms with E-state index in [0.717, 1.165) is 10.6 Å². The molecule has 0 unspecified atom stereocenters. The standard InChI is InChI=1S/C11H12Cl3NO4S/c1-20(18,19)15(4-2-3-11(16)17)10-6-8(13)7(12)5-9(10)14/h5-6H,2-4H2,1H3,(H,16,17). The van der Waals surface area contributed by atoms with Gasteiger partial charge in [-0.1, -0.05) is 34.8 Å². The molecule has 0 radical (unpaired) electrons. The molecule has 0 aliphatic carbocycles. The molecule has 0 spiro atoms. The molecule has 0 saturated carbocycles. The van der Waals surface area contributed by atoms with Crippen LogP contribution >= 0.6 is 34.8 Å². The summed E-state index contributed by atoms with van der Waals surface area (Å²) in [5.74, 6) is -1.00. The van der Waals surface area contributed by atoms with Crippen LogP contribution in [0.15, 0.2) is 12.1 Å². The molecule has 0 amide bonds. The predicted molar refractivity (Wildman–Crippen MR) is 80.5 cm³/mol. The Morgan fingerprint density at radius 1 is 1.20 bits per heavy atom. The number of aliphatic carboxylic acids is 1. The summed E-state index contributed by atoms with van der Waals surface area (Å²) in [5, 5.41) is 9.10. The van der Waals surface area contributed by atoms with Crippen LogP contribution in [-0.4, -0.2) is 32.3 Å². The monoisotopic (exact) mass is 359 g/mol. The SMILES string of the molecule is CS(=O)(=O)N(CCCC(=O)O)c1cc(Cl)c(Cl)cc1Cl. The largest absolute Gasteiger partial charge is 0.481 e. The lowest BCUT2D eigenvalue weighted by Gasteiger charge is -2.23. The van der Waals surface area contributed by atoms with Crippen LogP contribution in [0.5, 0.6) is 0 Å². The highest BCUT2D eigenvalue weighted by Crippen LogP contribution is 2.35. The summed E-state index contributed by atoms with van der Waals surface area (Å²) < 4.78 is 24.6. The highest BCUT2D eigenvalue weighted by molar-refractivity contribution is 7.92. The number of carboxylic acid groups (broad SMARTS) is 1. The van der Waals surface area contributed by atoms with E-state index in [-0.39, 0.29) is 40.1 Å². The summed E-state index contributed by atoms with van der Waals surface area (Å²) in [6.45, 7) is -0.0111. The quantitative estimate of drug-likeness (QED) is 0.790. The first-order valence-corrected chi connectivity index (χ1v) is 8.45. The maximum Gasteiger partial charge on any atom is 0.303 e. The molecule has 1 N–H and O–H groups in total. The number of carboxylic acids is 1. The molecule has 0 bridgehead atoms. The molecule has 0 aliphatic heterocycles. The Labute approximate surface area is 132 Å². The number of carbonyl (C=O) groups is 1. The van der Waals surface area contributed by atoms with Crippen LogP contribution < -0.4 is 4.31 Å². The first-order chi connectivity index (χ1) is 9.12. The van der Waals surface area contributed by atoms with E-state index in [1.165, 1.54) is 12.1 Å². The van der Waals surface area contributed by atoms with Crippen molar-refractivity contribution in [3.63, 3.8) is 0 Å². The molecule has 0 atom stereocenters. The smallest absolute Gasteiger partial charge is 0.303 e. The predicted octanol–water partition coefficient (Wildman–Crippen LogP) is 3.28. The number of nitrogens with zero attached hydrogens (tertiary/aromatic N) is 1. The fraction of sp³-hybridized carbons (Fsp3) is 0.364. The zero-order valence-corrected chi connectivity index (χ0v) is 13.5. The minimum absolute atomic E-state index is 0.0111. The second-order valence-corrected chi connectivity index (χ2v) is 7.18. The van der Waals surface area contributed by atoms with E-state index in [1.54, 1.807) is 0 Å². The van der Waals surface area contributed by atoms with Gasteiger partial charge < -0.3 is 5.11 Å². The maximum atomic E-state index is 11.8. The summed E-state index contributed by atoms with van der Waals surface area (Å²) in [7, 11) is -3.61. The van der Waals surface area contributed by atoms with Gasteiger partial charge in [0.15, 0.2) is 0 Å². The fourth-order valence-electron chi connectivity index (χ4n) is 1.54. The number of sulfonamides is 1. The lowest BCUT2D eigenvalue weighted by atomic mass is 10.2. The summed E-state index contributed by atoms with van der Waals surface area (Å²) >= 11 is 17.6. The number of benzene rings is 1.